The number of rotatable bonds is 7. The molecule has 1 unspecified atom stereocenters. The van der Waals surface area contributed by atoms with Crippen LogP contribution in [0.2, 0.25) is 0 Å². The molecule has 0 amide bonds. The van der Waals surface area contributed by atoms with E-state index >= 15 is 0 Å². The highest BCUT2D eigenvalue weighted by atomic mass is 79.9. The number of hydrogen-bond acceptors (Lipinski definition) is 5. The third kappa shape index (κ3) is 4.25. The van der Waals surface area contributed by atoms with Crippen molar-refractivity contribution in [2.75, 3.05) is 25.6 Å². The minimum Gasteiger partial charge on any atom is -0.478 e. The van der Waals surface area contributed by atoms with Crippen molar-refractivity contribution in [3.05, 3.63) is 22.3 Å². The predicted octanol–water partition coefficient (Wildman–Crippen LogP) is 1.35. The number of halogens is 1. The van der Waals surface area contributed by atoms with Gasteiger partial charge in [-0.3, -0.25) is 0 Å². The molecule has 0 saturated heterocycles. The Morgan fingerprint density at radius 2 is 2.39 bits per heavy atom. The Hall–Kier alpha value is -1.18. The summed E-state index contributed by atoms with van der Waals surface area (Å²) in [5, 5.41) is 21.0. The molecule has 0 aliphatic heterocycles. The van der Waals surface area contributed by atoms with Crippen LogP contribution in [0.25, 0.3) is 0 Å². The lowest BCUT2D eigenvalue weighted by atomic mass is 10.2. The molecule has 0 spiro atoms. The number of methoxy groups -OCH3 is 1. The van der Waals surface area contributed by atoms with Crippen molar-refractivity contribution in [1.82, 2.24) is 4.98 Å². The van der Waals surface area contributed by atoms with Crippen molar-refractivity contribution in [3.8, 4) is 0 Å². The normalized spacial score (nSPS) is 12.2. The summed E-state index contributed by atoms with van der Waals surface area (Å²) in [6.07, 6.45) is 1.96. The van der Waals surface area contributed by atoms with Gasteiger partial charge >= 0.3 is 5.97 Å². The molecular weight excluding hydrogens is 304 g/mol. The van der Waals surface area contributed by atoms with Gasteiger partial charge in [0.1, 0.15) is 11.4 Å². The van der Waals surface area contributed by atoms with Gasteiger partial charge in [0.05, 0.1) is 12.6 Å². The largest absolute Gasteiger partial charge is 0.478 e. The lowest BCUT2D eigenvalue weighted by Gasteiger charge is -2.18. The lowest BCUT2D eigenvalue weighted by Crippen LogP contribution is -2.27. The Morgan fingerprint density at radius 3 is 2.94 bits per heavy atom. The molecule has 1 heterocycles. The number of carboxylic acid groups (broad SMARTS) is 1. The van der Waals surface area contributed by atoms with E-state index in [0.29, 0.717) is 17.5 Å². The fourth-order valence-electron chi connectivity index (χ4n) is 1.46. The number of carboxylic acids is 1. The van der Waals surface area contributed by atoms with Crippen LogP contribution >= 0.6 is 15.9 Å². The van der Waals surface area contributed by atoms with E-state index in [1.807, 2.05) is 0 Å². The Bertz CT molecular complexity index is 408. The average molecular weight is 319 g/mol. The molecule has 100 valence electrons. The third-order valence-electron chi connectivity index (χ3n) is 2.27. The second kappa shape index (κ2) is 7.30. The van der Waals surface area contributed by atoms with Crippen molar-refractivity contribution in [1.29, 1.82) is 0 Å². The number of ether oxygens (including phenoxy) is 1. The zero-order valence-corrected chi connectivity index (χ0v) is 11.5. The number of anilines is 1. The summed E-state index contributed by atoms with van der Waals surface area (Å²) < 4.78 is 5.59. The zero-order valence-electron chi connectivity index (χ0n) is 9.89. The molecule has 0 fully saturated rings. The van der Waals surface area contributed by atoms with Crippen molar-refractivity contribution < 1.29 is 19.7 Å². The number of nitrogens with one attached hydrogen (secondary N) is 1. The molecule has 0 saturated carbocycles. The van der Waals surface area contributed by atoms with Gasteiger partial charge in [0, 0.05) is 24.4 Å². The van der Waals surface area contributed by atoms with Crippen LogP contribution in [-0.4, -0.2) is 47.5 Å². The van der Waals surface area contributed by atoms with Gasteiger partial charge in [-0.2, -0.15) is 0 Å². The molecule has 1 aromatic rings. The van der Waals surface area contributed by atoms with Crippen molar-refractivity contribution >= 4 is 27.7 Å². The number of pyridine rings is 1. The molecule has 0 aliphatic rings. The van der Waals surface area contributed by atoms with Gasteiger partial charge in [0.2, 0.25) is 0 Å². The number of aliphatic hydroxyl groups excluding tert-OH is 1. The Morgan fingerprint density at radius 1 is 1.67 bits per heavy atom. The Labute approximate surface area is 113 Å². The van der Waals surface area contributed by atoms with Crippen LogP contribution in [0.4, 0.5) is 5.82 Å². The fraction of sp³-hybridized carbons (Fsp3) is 0.455. The summed E-state index contributed by atoms with van der Waals surface area (Å²) >= 11 is 3.17. The second-order valence-electron chi connectivity index (χ2n) is 3.66. The van der Waals surface area contributed by atoms with Gasteiger partial charge in [-0.15, -0.1) is 0 Å². The molecule has 18 heavy (non-hydrogen) atoms. The zero-order chi connectivity index (χ0) is 13.5. The molecule has 1 aromatic heterocycles. The summed E-state index contributed by atoms with van der Waals surface area (Å²) in [6, 6.07) is 1.28. The van der Waals surface area contributed by atoms with Crippen molar-refractivity contribution in [3.63, 3.8) is 0 Å². The first-order valence-corrected chi connectivity index (χ1v) is 6.13. The standard InChI is InChI=1S/C11H15BrN2O4/c1-18-6-8(2-3-15)14-10-9(11(16)17)4-7(12)5-13-10/h4-5,8,15H,2-3,6H2,1H3,(H,13,14)(H,16,17). The SMILES string of the molecule is COCC(CCO)Nc1ncc(Br)cc1C(=O)O. The summed E-state index contributed by atoms with van der Waals surface area (Å²) in [4.78, 5) is 15.1. The maximum Gasteiger partial charge on any atom is 0.339 e. The molecule has 1 atom stereocenters. The first kappa shape index (κ1) is 14.9. The van der Waals surface area contributed by atoms with Crippen molar-refractivity contribution in [2.24, 2.45) is 0 Å². The molecule has 7 heteroatoms. The van der Waals surface area contributed by atoms with Crippen LogP contribution in [0, 0.1) is 0 Å². The van der Waals surface area contributed by atoms with E-state index in [1.54, 1.807) is 7.11 Å². The fourth-order valence-corrected chi connectivity index (χ4v) is 1.80. The number of aromatic carboxylic acids is 1. The van der Waals surface area contributed by atoms with Crippen LogP contribution in [0.1, 0.15) is 16.8 Å². The Balaban J connectivity index is 2.90. The van der Waals surface area contributed by atoms with Crippen molar-refractivity contribution in [2.45, 2.75) is 12.5 Å². The average Bonchev–Trinajstić information content (AvgIpc) is 2.32. The monoisotopic (exact) mass is 318 g/mol. The third-order valence-corrected chi connectivity index (χ3v) is 2.70. The van der Waals surface area contributed by atoms with Crippen LogP contribution in [-0.2, 0) is 4.74 Å². The molecule has 6 nitrogen and oxygen atoms in total. The topological polar surface area (TPSA) is 91.7 Å². The summed E-state index contributed by atoms with van der Waals surface area (Å²) in [6.45, 7) is 0.345. The number of carbonyl (C=O) groups is 1. The maximum absolute atomic E-state index is 11.1. The van der Waals surface area contributed by atoms with E-state index in [-0.39, 0.29) is 24.0 Å². The predicted molar refractivity (Wildman–Crippen MR) is 69.9 cm³/mol. The van der Waals surface area contributed by atoms with Gasteiger partial charge in [-0.25, -0.2) is 9.78 Å². The quantitative estimate of drug-likeness (QED) is 0.703. The highest BCUT2D eigenvalue weighted by Gasteiger charge is 2.16. The van der Waals surface area contributed by atoms with E-state index < -0.39 is 5.97 Å². The number of hydrogen-bond donors (Lipinski definition) is 3. The molecule has 0 bridgehead atoms. The highest BCUT2D eigenvalue weighted by Crippen LogP contribution is 2.19. The van der Waals surface area contributed by atoms with E-state index in [4.69, 9.17) is 14.9 Å². The Kier molecular flexibility index (Phi) is 6.03. The van der Waals surface area contributed by atoms with Crippen LogP contribution in [0.15, 0.2) is 16.7 Å². The minimum absolute atomic E-state index is 0.0139. The number of aromatic nitrogens is 1. The molecule has 0 aromatic carbocycles. The van der Waals surface area contributed by atoms with Crippen LogP contribution in [0.3, 0.4) is 0 Å². The van der Waals surface area contributed by atoms with E-state index in [9.17, 15) is 4.79 Å². The summed E-state index contributed by atoms with van der Waals surface area (Å²) in [5.74, 6) is -0.798. The van der Waals surface area contributed by atoms with E-state index in [2.05, 4.69) is 26.2 Å². The van der Waals surface area contributed by atoms with Crippen LogP contribution < -0.4 is 5.32 Å². The minimum atomic E-state index is -1.06. The smallest absolute Gasteiger partial charge is 0.339 e. The number of aliphatic hydroxyl groups is 1. The first-order valence-electron chi connectivity index (χ1n) is 5.33. The lowest BCUT2D eigenvalue weighted by molar-refractivity contribution is 0.0697. The second-order valence-corrected chi connectivity index (χ2v) is 4.58. The van der Waals surface area contributed by atoms with E-state index in [1.165, 1.54) is 12.3 Å². The van der Waals surface area contributed by atoms with Gasteiger partial charge in [-0.1, -0.05) is 0 Å². The summed E-state index contributed by atoms with van der Waals surface area (Å²) in [7, 11) is 1.54. The molecule has 3 N–H and O–H groups in total. The highest BCUT2D eigenvalue weighted by molar-refractivity contribution is 9.10. The molecular formula is C11H15BrN2O4. The maximum atomic E-state index is 11.1. The van der Waals surface area contributed by atoms with Gasteiger partial charge < -0.3 is 20.3 Å². The number of nitrogens with zero attached hydrogens (tertiary/aromatic N) is 1. The van der Waals surface area contributed by atoms with E-state index in [0.717, 1.165) is 0 Å². The molecule has 0 radical (unpaired) electrons. The van der Waals surface area contributed by atoms with Gasteiger partial charge in [0.15, 0.2) is 0 Å². The van der Waals surface area contributed by atoms with Gasteiger partial charge in [-0.05, 0) is 28.4 Å². The molecule has 1 rings (SSSR count). The summed E-state index contributed by atoms with van der Waals surface area (Å²) in [5.41, 5.74) is 0.0726. The molecule has 0 aliphatic carbocycles. The van der Waals surface area contributed by atoms with Crippen LogP contribution in [0.5, 0.6) is 0 Å². The van der Waals surface area contributed by atoms with Gasteiger partial charge in [0.25, 0.3) is 0 Å². The first-order chi connectivity index (χ1) is 8.58.